The van der Waals surface area contributed by atoms with E-state index >= 15 is 0 Å². The Bertz CT molecular complexity index is 1030. The molecule has 8 heteroatoms. The minimum atomic E-state index is -0.473. The summed E-state index contributed by atoms with van der Waals surface area (Å²) < 4.78 is 0.397. The molecule has 2 aromatic carbocycles. The first-order valence-corrected chi connectivity index (χ1v) is 7.91. The maximum atomic E-state index is 11.1. The molecule has 0 aliphatic heterocycles. The number of nitro benzene ring substituents is 2. The predicted molar refractivity (Wildman–Crippen MR) is 98.1 cm³/mol. The maximum absolute atomic E-state index is 11.1. The normalized spacial score (nSPS) is 11.1. The van der Waals surface area contributed by atoms with Crippen LogP contribution in [0.3, 0.4) is 0 Å². The van der Waals surface area contributed by atoms with Crippen molar-refractivity contribution < 1.29 is 9.85 Å². The second-order valence-electron chi connectivity index (χ2n) is 5.14. The van der Waals surface area contributed by atoms with E-state index in [9.17, 15) is 20.2 Å². The van der Waals surface area contributed by atoms with Crippen LogP contribution in [0.5, 0.6) is 0 Å². The van der Waals surface area contributed by atoms with E-state index in [1.807, 2.05) is 0 Å². The van der Waals surface area contributed by atoms with Gasteiger partial charge < -0.3 is 0 Å². The van der Waals surface area contributed by atoms with Gasteiger partial charge in [0.25, 0.3) is 11.4 Å². The largest absolute Gasteiger partial charge is 0.295 e. The number of hydrogen-bond acceptors (Lipinski definition) is 5. The van der Waals surface area contributed by atoms with Gasteiger partial charge in [0.1, 0.15) is 5.52 Å². The third kappa shape index (κ3) is 3.53. The minimum absolute atomic E-state index is 0.0377. The van der Waals surface area contributed by atoms with E-state index in [-0.39, 0.29) is 11.4 Å². The number of nitrogens with zero attached hydrogens (tertiary/aromatic N) is 3. The molecule has 0 atom stereocenters. The van der Waals surface area contributed by atoms with Gasteiger partial charge >= 0.3 is 0 Å². The first-order chi connectivity index (χ1) is 12.0. The summed E-state index contributed by atoms with van der Waals surface area (Å²) in [6.07, 6.45) is 3.32. The van der Waals surface area contributed by atoms with Crippen molar-refractivity contribution >= 4 is 50.4 Å². The number of hydrogen-bond donors (Lipinski definition) is 0. The van der Waals surface area contributed by atoms with E-state index in [2.05, 4.69) is 20.9 Å². The van der Waals surface area contributed by atoms with Crippen LogP contribution in [0.2, 0.25) is 0 Å². The molecule has 0 spiro atoms. The molecule has 0 bridgehead atoms. The Hall–Kier alpha value is -3.13. The van der Waals surface area contributed by atoms with Crippen molar-refractivity contribution in [3.8, 4) is 0 Å². The summed E-state index contributed by atoms with van der Waals surface area (Å²) in [4.78, 5) is 25.5. The van der Waals surface area contributed by atoms with Crippen molar-refractivity contribution in [3.05, 3.63) is 84.5 Å². The van der Waals surface area contributed by atoms with Crippen LogP contribution in [0.25, 0.3) is 23.1 Å². The number of rotatable bonds is 4. The Kier molecular flexibility index (Phi) is 4.53. The monoisotopic (exact) mass is 399 g/mol. The quantitative estimate of drug-likeness (QED) is 0.454. The lowest BCUT2D eigenvalue weighted by Crippen LogP contribution is -1.92. The number of pyridine rings is 1. The lowest BCUT2D eigenvalue weighted by molar-refractivity contribution is -0.385. The van der Waals surface area contributed by atoms with Crippen molar-refractivity contribution in [2.24, 2.45) is 0 Å². The van der Waals surface area contributed by atoms with Crippen LogP contribution in [0.1, 0.15) is 11.3 Å². The molecule has 0 aliphatic rings. The first kappa shape index (κ1) is 16.7. The van der Waals surface area contributed by atoms with Gasteiger partial charge in [-0.15, -0.1) is 0 Å². The highest BCUT2D eigenvalue weighted by Crippen LogP contribution is 2.27. The lowest BCUT2D eigenvalue weighted by Gasteiger charge is -2.01. The molecule has 25 heavy (non-hydrogen) atoms. The topological polar surface area (TPSA) is 99.2 Å². The lowest BCUT2D eigenvalue weighted by atomic mass is 10.1. The Morgan fingerprint density at radius 1 is 0.920 bits per heavy atom. The van der Waals surface area contributed by atoms with Crippen LogP contribution >= 0.6 is 15.9 Å². The average molecular weight is 400 g/mol. The molecule has 3 rings (SSSR count). The minimum Gasteiger partial charge on any atom is -0.258 e. The highest BCUT2D eigenvalue weighted by atomic mass is 79.9. The number of fused-ring (bicyclic) bond motifs is 1. The number of halogens is 1. The molecule has 0 saturated heterocycles. The summed E-state index contributed by atoms with van der Waals surface area (Å²) >= 11 is 3.13. The standard InChI is InChI=1S/C17H10BrN3O4/c18-14-9-5-11(10-16(14)21(24)25)4-7-13-8-6-12-2-1-3-15(20(22)23)17(12)19-13/h1-10H/b7-4+. The number of nitro groups is 2. The summed E-state index contributed by atoms with van der Waals surface area (Å²) in [5.41, 5.74) is 1.35. The van der Waals surface area contributed by atoms with Gasteiger partial charge in [-0.1, -0.05) is 30.3 Å². The second kappa shape index (κ2) is 6.78. The number of non-ortho nitro benzene ring substituents is 1. The zero-order valence-corrected chi connectivity index (χ0v) is 14.2. The SMILES string of the molecule is O=[N+]([O-])c1cc(/C=C/c2ccc3cccc([N+](=O)[O-])c3n2)ccc1Br. The molecule has 3 aromatic rings. The molecule has 124 valence electrons. The average Bonchev–Trinajstić information content (AvgIpc) is 2.59. The van der Waals surface area contributed by atoms with E-state index < -0.39 is 9.85 Å². The van der Waals surface area contributed by atoms with Crippen LogP contribution in [-0.4, -0.2) is 14.8 Å². The van der Waals surface area contributed by atoms with Gasteiger partial charge in [0, 0.05) is 17.5 Å². The molecule has 0 aliphatic carbocycles. The van der Waals surface area contributed by atoms with Crippen LogP contribution in [-0.2, 0) is 0 Å². The number of benzene rings is 2. The van der Waals surface area contributed by atoms with E-state index in [1.165, 1.54) is 12.1 Å². The Labute approximate surface area is 150 Å². The maximum Gasteiger partial charge on any atom is 0.295 e. The molecule has 0 radical (unpaired) electrons. The number of aromatic nitrogens is 1. The Balaban J connectivity index is 1.99. The van der Waals surface area contributed by atoms with Gasteiger partial charge in [-0.05, 0) is 39.7 Å². The van der Waals surface area contributed by atoms with E-state index in [0.29, 0.717) is 26.6 Å². The molecule has 0 saturated carbocycles. The molecular weight excluding hydrogens is 390 g/mol. The smallest absolute Gasteiger partial charge is 0.258 e. The van der Waals surface area contributed by atoms with Crippen molar-refractivity contribution in [1.29, 1.82) is 0 Å². The van der Waals surface area contributed by atoms with Crippen molar-refractivity contribution in [2.75, 3.05) is 0 Å². The van der Waals surface area contributed by atoms with Crippen LogP contribution < -0.4 is 0 Å². The fourth-order valence-corrected chi connectivity index (χ4v) is 2.73. The van der Waals surface area contributed by atoms with Crippen molar-refractivity contribution in [1.82, 2.24) is 4.98 Å². The van der Waals surface area contributed by atoms with Crippen molar-refractivity contribution in [3.63, 3.8) is 0 Å². The summed E-state index contributed by atoms with van der Waals surface area (Å²) in [5, 5.41) is 22.8. The number of para-hydroxylation sites is 1. The second-order valence-corrected chi connectivity index (χ2v) is 6.00. The summed E-state index contributed by atoms with van der Waals surface area (Å²) in [6, 6.07) is 13.0. The highest BCUT2D eigenvalue weighted by molar-refractivity contribution is 9.10. The summed E-state index contributed by atoms with van der Waals surface area (Å²) in [6.45, 7) is 0. The van der Waals surface area contributed by atoms with Gasteiger partial charge in [0.05, 0.1) is 20.0 Å². The van der Waals surface area contributed by atoms with E-state index in [4.69, 9.17) is 0 Å². The third-order valence-electron chi connectivity index (χ3n) is 3.53. The molecule has 0 N–H and O–H groups in total. The van der Waals surface area contributed by atoms with E-state index in [0.717, 1.165) is 0 Å². The Morgan fingerprint density at radius 3 is 2.40 bits per heavy atom. The Morgan fingerprint density at radius 2 is 1.68 bits per heavy atom. The molecule has 1 aromatic heterocycles. The zero-order valence-electron chi connectivity index (χ0n) is 12.6. The zero-order chi connectivity index (χ0) is 18.0. The van der Waals surface area contributed by atoms with Crippen molar-refractivity contribution in [2.45, 2.75) is 0 Å². The fraction of sp³-hybridized carbons (Fsp3) is 0. The highest BCUT2D eigenvalue weighted by Gasteiger charge is 2.13. The molecule has 7 nitrogen and oxygen atoms in total. The van der Waals surface area contributed by atoms with Gasteiger partial charge in [-0.3, -0.25) is 20.2 Å². The molecule has 0 amide bonds. The summed E-state index contributed by atoms with van der Waals surface area (Å²) in [5.74, 6) is 0. The van der Waals surface area contributed by atoms with Crippen LogP contribution in [0.4, 0.5) is 11.4 Å². The third-order valence-corrected chi connectivity index (χ3v) is 4.20. The fourth-order valence-electron chi connectivity index (χ4n) is 2.34. The molecule has 1 heterocycles. The molecule has 0 unspecified atom stereocenters. The molecule has 0 fully saturated rings. The van der Waals surface area contributed by atoms with Gasteiger partial charge in [-0.2, -0.15) is 0 Å². The van der Waals surface area contributed by atoms with Gasteiger partial charge in [-0.25, -0.2) is 4.98 Å². The first-order valence-electron chi connectivity index (χ1n) is 7.12. The van der Waals surface area contributed by atoms with Gasteiger partial charge in [0.15, 0.2) is 0 Å². The van der Waals surface area contributed by atoms with Crippen LogP contribution in [0.15, 0.2) is 53.0 Å². The van der Waals surface area contributed by atoms with Crippen LogP contribution in [0, 0.1) is 20.2 Å². The summed E-state index contributed by atoms with van der Waals surface area (Å²) in [7, 11) is 0. The van der Waals surface area contributed by atoms with Gasteiger partial charge in [0.2, 0.25) is 0 Å². The predicted octanol–water partition coefficient (Wildman–Crippen LogP) is 4.98. The van der Waals surface area contributed by atoms with E-state index in [1.54, 1.807) is 48.6 Å². The molecular formula is C17H10BrN3O4.